The van der Waals surface area contributed by atoms with Gasteiger partial charge < -0.3 is 5.11 Å². The SMILES string of the molecule is CC(c1ccncc1)C(O)c1cccc(I)c1. The lowest BCUT2D eigenvalue weighted by Crippen LogP contribution is -2.07. The van der Waals surface area contributed by atoms with E-state index in [1.807, 2.05) is 43.3 Å². The Labute approximate surface area is 115 Å². The van der Waals surface area contributed by atoms with E-state index in [2.05, 4.69) is 27.6 Å². The van der Waals surface area contributed by atoms with E-state index in [1.165, 1.54) is 0 Å². The van der Waals surface area contributed by atoms with Gasteiger partial charge in [0.1, 0.15) is 0 Å². The van der Waals surface area contributed by atoms with Crippen molar-refractivity contribution in [2.24, 2.45) is 0 Å². The minimum atomic E-state index is -0.480. The number of hydrogen-bond donors (Lipinski definition) is 1. The maximum Gasteiger partial charge on any atom is 0.0856 e. The molecule has 2 atom stereocenters. The van der Waals surface area contributed by atoms with E-state index in [-0.39, 0.29) is 5.92 Å². The Hall–Kier alpha value is -0.940. The molecule has 3 heteroatoms. The van der Waals surface area contributed by atoms with Crippen LogP contribution >= 0.6 is 22.6 Å². The van der Waals surface area contributed by atoms with E-state index in [1.54, 1.807) is 12.4 Å². The van der Waals surface area contributed by atoms with E-state index >= 15 is 0 Å². The average molecular weight is 339 g/mol. The van der Waals surface area contributed by atoms with Crippen molar-refractivity contribution in [3.8, 4) is 0 Å². The summed E-state index contributed by atoms with van der Waals surface area (Å²) in [6.45, 7) is 2.03. The number of benzene rings is 1. The molecule has 0 aliphatic rings. The molecule has 1 aromatic heterocycles. The van der Waals surface area contributed by atoms with E-state index in [0.717, 1.165) is 14.7 Å². The quantitative estimate of drug-likeness (QED) is 0.868. The Balaban J connectivity index is 2.23. The Morgan fingerprint density at radius 2 is 1.82 bits per heavy atom. The number of aromatic nitrogens is 1. The first-order valence-corrected chi connectivity index (χ1v) is 6.60. The Morgan fingerprint density at radius 1 is 1.12 bits per heavy atom. The summed E-state index contributed by atoms with van der Waals surface area (Å²) >= 11 is 2.26. The van der Waals surface area contributed by atoms with Crippen LogP contribution in [0.3, 0.4) is 0 Å². The topological polar surface area (TPSA) is 33.1 Å². The molecular weight excluding hydrogens is 325 g/mol. The van der Waals surface area contributed by atoms with Crippen LogP contribution in [0.5, 0.6) is 0 Å². The average Bonchev–Trinajstić information content (AvgIpc) is 2.38. The second kappa shape index (κ2) is 5.60. The predicted octanol–water partition coefficient (Wildman–Crippen LogP) is 3.52. The summed E-state index contributed by atoms with van der Waals surface area (Å²) in [5.41, 5.74) is 2.06. The number of rotatable bonds is 3. The number of aliphatic hydroxyl groups is 1. The van der Waals surface area contributed by atoms with Crippen molar-refractivity contribution >= 4 is 22.6 Å². The standard InChI is InChI=1S/C14H14INO/c1-10(11-5-7-16-8-6-11)14(17)12-3-2-4-13(15)9-12/h2-10,14,17H,1H3. The molecule has 2 rings (SSSR count). The van der Waals surface area contributed by atoms with Gasteiger partial charge in [0, 0.05) is 21.9 Å². The van der Waals surface area contributed by atoms with Crippen molar-refractivity contribution < 1.29 is 5.11 Å². The Kier molecular flexibility index (Phi) is 4.12. The van der Waals surface area contributed by atoms with Gasteiger partial charge in [0.25, 0.3) is 0 Å². The van der Waals surface area contributed by atoms with Gasteiger partial charge in [-0.2, -0.15) is 0 Å². The molecule has 0 radical (unpaired) electrons. The maximum absolute atomic E-state index is 10.3. The summed E-state index contributed by atoms with van der Waals surface area (Å²) in [5, 5.41) is 10.3. The normalized spacial score (nSPS) is 14.3. The van der Waals surface area contributed by atoms with Crippen LogP contribution in [0.2, 0.25) is 0 Å². The van der Waals surface area contributed by atoms with Crippen molar-refractivity contribution in [1.82, 2.24) is 4.98 Å². The van der Waals surface area contributed by atoms with Crippen LogP contribution < -0.4 is 0 Å². The van der Waals surface area contributed by atoms with E-state index < -0.39 is 6.10 Å². The van der Waals surface area contributed by atoms with Crippen LogP contribution in [0, 0.1) is 3.57 Å². The first kappa shape index (κ1) is 12.5. The molecule has 0 amide bonds. The molecule has 88 valence electrons. The van der Waals surface area contributed by atoms with Gasteiger partial charge in [0.05, 0.1) is 6.10 Å². The highest BCUT2D eigenvalue weighted by Gasteiger charge is 2.18. The first-order valence-electron chi connectivity index (χ1n) is 5.52. The highest BCUT2D eigenvalue weighted by molar-refractivity contribution is 14.1. The fourth-order valence-electron chi connectivity index (χ4n) is 1.83. The lowest BCUT2D eigenvalue weighted by Gasteiger charge is -2.19. The molecule has 2 unspecified atom stereocenters. The lowest BCUT2D eigenvalue weighted by molar-refractivity contribution is 0.151. The molecule has 0 spiro atoms. The van der Waals surface area contributed by atoms with Crippen LogP contribution in [-0.4, -0.2) is 10.1 Å². The van der Waals surface area contributed by atoms with Crippen LogP contribution in [0.4, 0.5) is 0 Å². The van der Waals surface area contributed by atoms with Crippen molar-refractivity contribution in [2.45, 2.75) is 18.9 Å². The monoisotopic (exact) mass is 339 g/mol. The van der Waals surface area contributed by atoms with E-state index in [9.17, 15) is 5.11 Å². The van der Waals surface area contributed by atoms with Gasteiger partial charge in [-0.15, -0.1) is 0 Å². The number of aliphatic hydroxyl groups excluding tert-OH is 1. The Morgan fingerprint density at radius 3 is 2.47 bits per heavy atom. The molecule has 17 heavy (non-hydrogen) atoms. The van der Waals surface area contributed by atoms with Gasteiger partial charge in [0.15, 0.2) is 0 Å². The zero-order valence-corrected chi connectivity index (χ0v) is 11.7. The number of pyridine rings is 1. The molecule has 0 aliphatic carbocycles. The smallest absolute Gasteiger partial charge is 0.0856 e. The van der Waals surface area contributed by atoms with Crippen LogP contribution in [0.1, 0.15) is 30.1 Å². The molecule has 0 saturated heterocycles. The van der Waals surface area contributed by atoms with Gasteiger partial charge in [0.2, 0.25) is 0 Å². The van der Waals surface area contributed by atoms with Crippen molar-refractivity contribution in [3.63, 3.8) is 0 Å². The minimum Gasteiger partial charge on any atom is -0.388 e. The van der Waals surface area contributed by atoms with Gasteiger partial charge in [-0.1, -0.05) is 19.1 Å². The van der Waals surface area contributed by atoms with Crippen LogP contribution in [0.15, 0.2) is 48.8 Å². The zero-order chi connectivity index (χ0) is 12.3. The van der Waals surface area contributed by atoms with Gasteiger partial charge in [-0.05, 0) is 58.0 Å². The highest BCUT2D eigenvalue weighted by Crippen LogP contribution is 2.30. The molecule has 2 aromatic rings. The first-order chi connectivity index (χ1) is 8.18. The van der Waals surface area contributed by atoms with Crippen LogP contribution in [-0.2, 0) is 0 Å². The molecule has 1 aromatic carbocycles. The van der Waals surface area contributed by atoms with Crippen LogP contribution in [0.25, 0.3) is 0 Å². The second-order valence-electron chi connectivity index (χ2n) is 4.07. The number of nitrogens with zero attached hydrogens (tertiary/aromatic N) is 1. The summed E-state index contributed by atoms with van der Waals surface area (Å²) < 4.78 is 1.14. The molecule has 0 aliphatic heterocycles. The third kappa shape index (κ3) is 3.04. The molecule has 2 nitrogen and oxygen atoms in total. The molecule has 1 heterocycles. The van der Waals surface area contributed by atoms with Gasteiger partial charge in [-0.3, -0.25) is 4.98 Å². The minimum absolute atomic E-state index is 0.0659. The van der Waals surface area contributed by atoms with Gasteiger partial charge in [-0.25, -0.2) is 0 Å². The third-order valence-electron chi connectivity index (χ3n) is 2.90. The summed E-state index contributed by atoms with van der Waals surface area (Å²) in [5.74, 6) is 0.0659. The molecular formula is C14H14INO. The molecule has 0 bridgehead atoms. The maximum atomic E-state index is 10.3. The Bertz CT molecular complexity index is 487. The highest BCUT2D eigenvalue weighted by atomic mass is 127. The zero-order valence-electron chi connectivity index (χ0n) is 9.55. The molecule has 0 saturated carbocycles. The lowest BCUT2D eigenvalue weighted by atomic mass is 9.91. The number of halogens is 1. The molecule has 1 N–H and O–H groups in total. The fourth-order valence-corrected chi connectivity index (χ4v) is 2.40. The van der Waals surface area contributed by atoms with Gasteiger partial charge >= 0.3 is 0 Å². The third-order valence-corrected chi connectivity index (χ3v) is 3.57. The summed E-state index contributed by atoms with van der Waals surface area (Å²) in [6, 6.07) is 11.9. The van der Waals surface area contributed by atoms with Crippen molar-refractivity contribution in [1.29, 1.82) is 0 Å². The summed E-state index contributed by atoms with van der Waals surface area (Å²) in [6.07, 6.45) is 3.03. The van der Waals surface area contributed by atoms with Crippen molar-refractivity contribution in [2.75, 3.05) is 0 Å². The summed E-state index contributed by atoms with van der Waals surface area (Å²) in [4.78, 5) is 3.99. The van der Waals surface area contributed by atoms with Crippen molar-refractivity contribution in [3.05, 3.63) is 63.5 Å². The number of hydrogen-bond acceptors (Lipinski definition) is 2. The summed E-state index contributed by atoms with van der Waals surface area (Å²) in [7, 11) is 0. The van der Waals surface area contributed by atoms with E-state index in [4.69, 9.17) is 0 Å². The molecule has 0 fully saturated rings. The fraction of sp³-hybridized carbons (Fsp3) is 0.214. The second-order valence-corrected chi connectivity index (χ2v) is 5.31. The predicted molar refractivity (Wildman–Crippen MR) is 76.8 cm³/mol. The van der Waals surface area contributed by atoms with E-state index in [0.29, 0.717) is 0 Å². The largest absolute Gasteiger partial charge is 0.388 e.